The fourth-order valence-corrected chi connectivity index (χ4v) is 0.915. The van der Waals surface area contributed by atoms with Gasteiger partial charge in [-0.2, -0.15) is 0 Å². The molecule has 2 N–H and O–H groups in total. The lowest BCUT2D eigenvalue weighted by molar-refractivity contribution is -0.129. The molecule has 0 aromatic heterocycles. The smallest absolute Gasteiger partial charge is 0.222 e. The minimum absolute atomic E-state index is 0.124. The van der Waals surface area contributed by atoms with Crippen molar-refractivity contribution in [2.24, 2.45) is 5.73 Å². The van der Waals surface area contributed by atoms with Gasteiger partial charge in [0.25, 0.3) is 0 Å². The monoisotopic (exact) mass is 184 g/mol. The Morgan fingerprint density at radius 2 is 2.15 bits per heavy atom. The largest absolute Gasteiger partial charge is 0.342 e. The van der Waals surface area contributed by atoms with Crippen LogP contribution >= 0.6 is 0 Å². The van der Waals surface area contributed by atoms with E-state index in [1.54, 1.807) is 18.0 Å². The molecule has 3 nitrogen and oxygen atoms in total. The zero-order valence-corrected chi connectivity index (χ0v) is 8.84. The van der Waals surface area contributed by atoms with Crippen molar-refractivity contribution >= 4 is 5.91 Å². The van der Waals surface area contributed by atoms with Gasteiger partial charge in [-0.05, 0) is 20.3 Å². The van der Waals surface area contributed by atoms with Gasteiger partial charge in [-0.3, -0.25) is 4.79 Å². The summed E-state index contributed by atoms with van der Waals surface area (Å²) in [6.45, 7) is 8.02. The van der Waals surface area contributed by atoms with Gasteiger partial charge in [-0.25, -0.2) is 0 Å². The fraction of sp³-hybridized carbons (Fsp3) is 0.700. The Morgan fingerprint density at radius 1 is 1.62 bits per heavy atom. The Hall–Kier alpha value is -0.830. The topological polar surface area (TPSA) is 46.3 Å². The van der Waals surface area contributed by atoms with E-state index in [0.717, 1.165) is 0 Å². The molecule has 0 aromatic rings. The molecule has 0 unspecified atom stereocenters. The molecule has 0 aliphatic heterocycles. The third-order valence-electron chi connectivity index (χ3n) is 1.81. The molecular weight excluding hydrogens is 164 g/mol. The second-order valence-corrected chi connectivity index (χ2v) is 4.05. The van der Waals surface area contributed by atoms with Gasteiger partial charge in [0.1, 0.15) is 0 Å². The second kappa shape index (κ2) is 5.02. The van der Waals surface area contributed by atoms with Gasteiger partial charge < -0.3 is 10.6 Å². The Kier molecular flexibility index (Phi) is 4.70. The standard InChI is InChI=1S/C10H20N2O/c1-5-8-12(4)9(13)6-7-10(2,3)11/h5H,1,6-8,11H2,2-4H3. The Labute approximate surface area is 80.6 Å². The van der Waals surface area contributed by atoms with E-state index in [1.165, 1.54) is 0 Å². The molecule has 0 aromatic carbocycles. The summed E-state index contributed by atoms with van der Waals surface area (Å²) in [7, 11) is 1.77. The van der Waals surface area contributed by atoms with Crippen LogP contribution in [-0.4, -0.2) is 29.9 Å². The van der Waals surface area contributed by atoms with E-state index in [4.69, 9.17) is 5.73 Å². The van der Waals surface area contributed by atoms with Gasteiger partial charge in [0, 0.05) is 25.6 Å². The van der Waals surface area contributed by atoms with Crippen LogP contribution in [0.3, 0.4) is 0 Å². The average molecular weight is 184 g/mol. The highest BCUT2D eigenvalue weighted by Crippen LogP contribution is 2.08. The molecule has 13 heavy (non-hydrogen) atoms. The molecule has 0 radical (unpaired) electrons. The van der Waals surface area contributed by atoms with Gasteiger partial charge in [-0.15, -0.1) is 6.58 Å². The first-order valence-electron chi connectivity index (χ1n) is 4.50. The number of amides is 1. The first kappa shape index (κ1) is 12.2. The highest BCUT2D eigenvalue weighted by molar-refractivity contribution is 5.76. The van der Waals surface area contributed by atoms with Gasteiger partial charge in [0.15, 0.2) is 0 Å². The molecule has 76 valence electrons. The van der Waals surface area contributed by atoms with Crippen LogP contribution < -0.4 is 5.73 Å². The number of rotatable bonds is 5. The van der Waals surface area contributed by atoms with Crippen molar-refractivity contribution in [3.05, 3.63) is 12.7 Å². The Bertz CT molecular complexity index is 182. The first-order chi connectivity index (χ1) is 5.87. The van der Waals surface area contributed by atoms with E-state index in [2.05, 4.69) is 6.58 Å². The molecule has 0 aliphatic carbocycles. The molecule has 0 fully saturated rings. The normalized spacial score (nSPS) is 11.1. The van der Waals surface area contributed by atoms with Crippen molar-refractivity contribution in [1.82, 2.24) is 4.90 Å². The molecule has 0 bridgehead atoms. The van der Waals surface area contributed by atoms with Crippen molar-refractivity contribution in [1.29, 1.82) is 0 Å². The van der Waals surface area contributed by atoms with E-state index in [1.807, 2.05) is 13.8 Å². The predicted molar refractivity (Wildman–Crippen MR) is 55.3 cm³/mol. The van der Waals surface area contributed by atoms with Crippen molar-refractivity contribution in [2.45, 2.75) is 32.2 Å². The van der Waals surface area contributed by atoms with Crippen LogP contribution in [0.4, 0.5) is 0 Å². The Balaban J connectivity index is 3.81. The molecule has 0 rings (SSSR count). The summed E-state index contributed by atoms with van der Waals surface area (Å²) in [6.07, 6.45) is 2.94. The lowest BCUT2D eigenvalue weighted by atomic mass is 10.00. The van der Waals surface area contributed by atoms with Crippen molar-refractivity contribution in [2.75, 3.05) is 13.6 Å². The van der Waals surface area contributed by atoms with Crippen LogP contribution in [0.1, 0.15) is 26.7 Å². The lowest BCUT2D eigenvalue weighted by Crippen LogP contribution is -2.35. The van der Waals surface area contributed by atoms with Crippen LogP contribution in [0, 0.1) is 0 Å². The van der Waals surface area contributed by atoms with Crippen LogP contribution in [0.15, 0.2) is 12.7 Å². The summed E-state index contributed by atoms with van der Waals surface area (Å²) in [5, 5.41) is 0. The molecule has 0 saturated heterocycles. The maximum absolute atomic E-state index is 11.4. The summed E-state index contributed by atoms with van der Waals surface area (Å²) in [6, 6.07) is 0. The van der Waals surface area contributed by atoms with Gasteiger partial charge in [0.05, 0.1) is 0 Å². The van der Waals surface area contributed by atoms with Gasteiger partial charge in [-0.1, -0.05) is 6.08 Å². The number of hydrogen-bond donors (Lipinski definition) is 1. The number of nitrogens with two attached hydrogens (primary N) is 1. The SMILES string of the molecule is C=CCN(C)C(=O)CCC(C)(C)N. The molecule has 0 heterocycles. The third kappa shape index (κ3) is 6.34. The molecule has 0 aliphatic rings. The minimum atomic E-state index is -0.259. The predicted octanol–water partition coefficient (Wildman–Crippen LogP) is 1.15. The third-order valence-corrected chi connectivity index (χ3v) is 1.81. The van der Waals surface area contributed by atoms with E-state index in [9.17, 15) is 4.79 Å². The molecule has 0 atom stereocenters. The van der Waals surface area contributed by atoms with E-state index in [-0.39, 0.29) is 11.4 Å². The summed E-state index contributed by atoms with van der Waals surface area (Å²) in [4.78, 5) is 13.1. The zero-order chi connectivity index (χ0) is 10.5. The van der Waals surface area contributed by atoms with Crippen molar-refractivity contribution in [3.63, 3.8) is 0 Å². The lowest BCUT2D eigenvalue weighted by Gasteiger charge is -2.20. The van der Waals surface area contributed by atoms with E-state index >= 15 is 0 Å². The Morgan fingerprint density at radius 3 is 2.54 bits per heavy atom. The molecular formula is C10H20N2O. The molecule has 0 saturated carbocycles. The minimum Gasteiger partial charge on any atom is -0.342 e. The maximum Gasteiger partial charge on any atom is 0.222 e. The number of hydrogen-bond acceptors (Lipinski definition) is 2. The quantitative estimate of drug-likeness (QED) is 0.651. The number of likely N-dealkylation sites (N-methyl/N-ethyl adjacent to an activating group) is 1. The average Bonchev–Trinajstić information content (AvgIpc) is 1.99. The van der Waals surface area contributed by atoms with Gasteiger partial charge >= 0.3 is 0 Å². The molecule has 1 amide bonds. The van der Waals surface area contributed by atoms with Crippen molar-refractivity contribution in [3.8, 4) is 0 Å². The van der Waals surface area contributed by atoms with E-state index < -0.39 is 0 Å². The number of carbonyl (C=O) groups is 1. The van der Waals surface area contributed by atoms with Crippen LogP contribution in [0.2, 0.25) is 0 Å². The summed E-state index contributed by atoms with van der Waals surface area (Å²) >= 11 is 0. The first-order valence-corrected chi connectivity index (χ1v) is 4.50. The number of carbonyl (C=O) groups excluding carboxylic acids is 1. The zero-order valence-electron chi connectivity index (χ0n) is 8.84. The molecule has 3 heteroatoms. The summed E-state index contributed by atoms with van der Waals surface area (Å²) < 4.78 is 0. The second-order valence-electron chi connectivity index (χ2n) is 4.05. The highest BCUT2D eigenvalue weighted by Gasteiger charge is 2.14. The highest BCUT2D eigenvalue weighted by atomic mass is 16.2. The van der Waals surface area contributed by atoms with Crippen molar-refractivity contribution < 1.29 is 4.79 Å². The van der Waals surface area contributed by atoms with Crippen LogP contribution in [-0.2, 0) is 4.79 Å². The number of nitrogens with zero attached hydrogens (tertiary/aromatic N) is 1. The summed E-state index contributed by atoms with van der Waals surface area (Å²) in [5.41, 5.74) is 5.51. The fourth-order valence-electron chi connectivity index (χ4n) is 0.915. The van der Waals surface area contributed by atoms with E-state index in [0.29, 0.717) is 19.4 Å². The van der Waals surface area contributed by atoms with Crippen LogP contribution in [0.5, 0.6) is 0 Å². The maximum atomic E-state index is 11.4. The van der Waals surface area contributed by atoms with Crippen LogP contribution in [0.25, 0.3) is 0 Å². The summed E-state index contributed by atoms with van der Waals surface area (Å²) in [5.74, 6) is 0.124. The van der Waals surface area contributed by atoms with Gasteiger partial charge in [0.2, 0.25) is 5.91 Å². The molecule has 0 spiro atoms.